The molecule has 1 amide bonds. The minimum atomic E-state index is -0.295. The Bertz CT molecular complexity index is 1540. The first kappa shape index (κ1) is 26.3. The van der Waals surface area contributed by atoms with Crippen LogP contribution in [0.1, 0.15) is 22.5 Å². The van der Waals surface area contributed by atoms with Gasteiger partial charge < -0.3 is 24.7 Å². The van der Waals surface area contributed by atoms with Crippen LogP contribution in [-0.2, 0) is 9.53 Å². The third-order valence-electron chi connectivity index (χ3n) is 6.62. The number of carbonyl (C=O) groups excluding carboxylic acids is 1. The number of anilines is 2. The van der Waals surface area contributed by atoms with E-state index in [1.165, 1.54) is 0 Å². The minimum Gasteiger partial charge on any atom is -0.484 e. The number of amides is 1. The monoisotopic (exact) mass is 541 g/mol. The van der Waals surface area contributed by atoms with Crippen molar-refractivity contribution in [2.75, 3.05) is 43.1 Å². The Labute approximate surface area is 231 Å². The molecule has 0 atom stereocenters. The number of aryl methyl sites for hydroxylation is 2. The third-order valence-corrected chi connectivity index (χ3v) is 6.92. The average molecular weight is 542 g/mol. The summed E-state index contributed by atoms with van der Waals surface area (Å²) in [5.74, 6) is 0.764. The normalized spacial score (nSPS) is 13.8. The number of imidazole rings is 1. The summed E-state index contributed by atoms with van der Waals surface area (Å²) in [6, 6.07) is 18.9. The Balaban J connectivity index is 1.18. The summed E-state index contributed by atoms with van der Waals surface area (Å²) in [6.07, 6.45) is 1.76. The average Bonchev–Trinajstić information content (AvgIpc) is 3.34. The molecule has 2 heterocycles. The van der Waals surface area contributed by atoms with Gasteiger partial charge in [-0.25, -0.2) is 4.98 Å². The van der Waals surface area contributed by atoms with Gasteiger partial charge in [0.2, 0.25) is 0 Å². The number of hydrogen-bond donors (Lipinski definition) is 2. The number of H-pyrrole nitrogens is 1. The zero-order chi connectivity index (χ0) is 27.4. The second-order valence-electron chi connectivity index (χ2n) is 9.38. The molecule has 1 aliphatic heterocycles. The quantitative estimate of drug-likeness (QED) is 0.289. The SMILES string of the molecule is Cc1cc2nc(/C(C#N)=C/c3ccc(OCC(=O)Nc4ccc(N5CCOCC5)c(Cl)c4)cc3)[nH]c2cc1C. The molecule has 0 saturated carbocycles. The number of carbonyl (C=O) groups is 1. The van der Waals surface area contributed by atoms with Gasteiger partial charge in [-0.15, -0.1) is 0 Å². The molecule has 4 aromatic rings. The summed E-state index contributed by atoms with van der Waals surface area (Å²) in [4.78, 5) is 22.4. The zero-order valence-electron chi connectivity index (χ0n) is 21.8. The molecule has 1 fully saturated rings. The minimum absolute atomic E-state index is 0.153. The molecule has 0 radical (unpaired) electrons. The molecule has 2 N–H and O–H groups in total. The predicted molar refractivity (Wildman–Crippen MR) is 154 cm³/mol. The highest BCUT2D eigenvalue weighted by Crippen LogP contribution is 2.29. The maximum Gasteiger partial charge on any atom is 0.262 e. The van der Waals surface area contributed by atoms with Gasteiger partial charge in [0.25, 0.3) is 5.91 Å². The van der Waals surface area contributed by atoms with E-state index >= 15 is 0 Å². The lowest BCUT2D eigenvalue weighted by molar-refractivity contribution is -0.118. The van der Waals surface area contributed by atoms with Gasteiger partial charge in [0.05, 0.1) is 40.5 Å². The number of fused-ring (bicyclic) bond motifs is 1. The molecule has 39 heavy (non-hydrogen) atoms. The van der Waals surface area contributed by atoms with Crippen molar-refractivity contribution in [1.82, 2.24) is 9.97 Å². The Hall–Kier alpha value is -4.32. The number of ether oxygens (including phenoxy) is 2. The van der Waals surface area contributed by atoms with Crippen molar-refractivity contribution in [2.45, 2.75) is 13.8 Å². The van der Waals surface area contributed by atoms with Crippen molar-refractivity contribution in [3.05, 3.63) is 82.1 Å². The van der Waals surface area contributed by atoms with Gasteiger partial charge in [-0.2, -0.15) is 5.26 Å². The fourth-order valence-corrected chi connectivity index (χ4v) is 4.67. The van der Waals surface area contributed by atoms with Gasteiger partial charge in [0.15, 0.2) is 6.61 Å². The van der Waals surface area contributed by atoms with Crippen LogP contribution < -0.4 is 15.0 Å². The van der Waals surface area contributed by atoms with E-state index in [2.05, 4.69) is 26.3 Å². The van der Waals surface area contributed by atoms with Crippen LogP contribution >= 0.6 is 11.6 Å². The van der Waals surface area contributed by atoms with Gasteiger partial charge in [0.1, 0.15) is 17.6 Å². The van der Waals surface area contributed by atoms with Gasteiger partial charge in [-0.3, -0.25) is 4.79 Å². The van der Waals surface area contributed by atoms with E-state index in [9.17, 15) is 10.1 Å². The van der Waals surface area contributed by atoms with Crippen LogP contribution in [0.2, 0.25) is 5.02 Å². The summed E-state index contributed by atoms with van der Waals surface area (Å²) >= 11 is 6.46. The van der Waals surface area contributed by atoms with Crippen molar-refractivity contribution in [3.8, 4) is 11.8 Å². The number of hydrogen-bond acceptors (Lipinski definition) is 6. The maximum absolute atomic E-state index is 12.4. The number of morpholine rings is 1. The van der Waals surface area contributed by atoms with Crippen molar-refractivity contribution >= 4 is 51.6 Å². The Morgan fingerprint density at radius 1 is 1.15 bits per heavy atom. The van der Waals surface area contributed by atoms with Crippen LogP contribution in [0.5, 0.6) is 5.75 Å². The highest BCUT2D eigenvalue weighted by Gasteiger charge is 2.15. The highest BCUT2D eigenvalue weighted by molar-refractivity contribution is 6.33. The first-order valence-corrected chi connectivity index (χ1v) is 13.0. The van der Waals surface area contributed by atoms with Crippen LogP contribution in [0.15, 0.2) is 54.6 Å². The number of halogens is 1. The molecule has 8 nitrogen and oxygen atoms in total. The standard InChI is InChI=1S/C30H28ClN5O3/c1-19-13-26-27(14-20(19)2)35-30(34-26)22(17-32)15-21-3-6-24(7-4-21)39-18-29(37)33-23-5-8-28(25(31)16-23)36-9-11-38-12-10-36/h3-8,13-16H,9-12,18H2,1-2H3,(H,33,37)(H,34,35)/b22-15+. The van der Waals surface area contributed by atoms with Crippen molar-refractivity contribution < 1.29 is 14.3 Å². The predicted octanol–water partition coefficient (Wildman–Crippen LogP) is 5.75. The lowest BCUT2D eigenvalue weighted by Crippen LogP contribution is -2.36. The van der Waals surface area contributed by atoms with Crippen LogP contribution in [-0.4, -0.2) is 48.8 Å². The number of nitrogens with one attached hydrogen (secondary N) is 2. The van der Waals surface area contributed by atoms with E-state index in [-0.39, 0.29) is 12.5 Å². The Kier molecular flexibility index (Phi) is 7.82. The molecule has 0 spiro atoms. The van der Waals surface area contributed by atoms with Crippen molar-refractivity contribution in [1.29, 1.82) is 5.26 Å². The van der Waals surface area contributed by atoms with E-state index in [0.717, 1.165) is 46.5 Å². The number of benzene rings is 3. The fraction of sp³-hybridized carbons (Fsp3) is 0.233. The van der Waals surface area contributed by atoms with Crippen LogP contribution in [0.3, 0.4) is 0 Å². The molecule has 1 aliphatic rings. The summed E-state index contributed by atoms with van der Waals surface area (Å²) in [5.41, 5.74) is 6.80. The van der Waals surface area contributed by atoms with Gasteiger partial charge in [-0.05, 0) is 79.1 Å². The van der Waals surface area contributed by atoms with Gasteiger partial charge in [-0.1, -0.05) is 23.7 Å². The van der Waals surface area contributed by atoms with Gasteiger partial charge in [0, 0.05) is 18.8 Å². The van der Waals surface area contributed by atoms with E-state index in [1.54, 1.807) is 24.3 Å². The van der Waals surface area contributed by atoms with E-state index in [4.69, 9.17) is 21.1 Å². The molecule has 0 unspecified atom stereocenters. The molecule has 0 bridgehead atoms. The van der Waals surface area contributed by atoms with E-state index in [1.807, 2.05) is 50.2 Å². The number of aromatic nitrogens is 2. The molecule has 0 aliphatic carbocycles. The topological polar surface area (TPSA) is 103 Å². The van der Waals surface area contributed by atoms with Crippen LogP contribution in [0, 0.1) is 25.2 Å². The number of rotatable bonds is 7. The first-order valence-electron chi connectivity index (χ1n) is 12.6. The number of nitriles is 1. The first-order chi connectivity index (χ1) is 18.9. The zero-order valence-corrected chi connectivity index (χ0v) is 22.5. The molecule has 1 saturated heterocycles. The number of aromatic amines is 1. The highest BCUT2D eigenvalue weighted by atomic mass is 35.5. The lowest BCUT2D eigenvalue weighted by Gasteiger charge is -2.29. The third kappa shape index (κ3) is 6.23. The van der Waals surface area contributed by atoms with Crippen LogP contribution in [0.25, 0.3) is 22.7 Å². The summed E-state index contributed by atoms with van der Waals surface area (Å²) < 4.78 is 11.0. The molecule has 5 rings (SSSR count). The van der Waals surface area contributed by atoms with Crippen molar-refractivity contribution in [3.63, 3.8) is 0 Å². The Morgan fingerprint density at radius 3 is 2.62 bits per heavy atom. The fourth-order valence-electron chi connectivity index (χ4n) is 4.37. The second-order valence-corrected chi connectivity index (χ2v) is 9.79. The summed E-state index contributed by atoms with van der Waals surface area (Å²) in [5, 5.41) is 13.1. The molecule has 9 heteroatoms. The van der Waals surface area contributed by atoms with Crippen molar-refractivity contribution in [2.24, 2.45) is 0 Å². The second kappa shape index (κ2) is 11.6. The Morgan fingerprint density at radius 2 is 1.90 bits per heavy atom. The largest absolute Gasteiger partial charge is 0.484 e. The smallest absolute Gasteiger partial charge is 0.262 e. The van der Waals surface area contributed by atoms with Crippen LogP contribution in [0.4, 0.5) is 11.4 Å². The number of allylic oxidation sites excluding steroid dienone is 1. The van der Waals surface area contributed by atoms with E-state index in [0.29, 0.717) is 41.1 Å². The van der Waals surface area contributed by atoms with E-state index < -0.39 is 0 Å². The molecule has 198 valence electrons. The molecule has 1 aromatic heterocycles. The lowest BCUT2D eigenvalue weighted by atomic mass is 10.1. The maximum atomic E-state index is 12.4. The molecular weight excluding hydrogens is 514 g/mol. The molecular formula is C30H28ClN5O3. The summed E-state index contributed by atoms with van der Waals surface area (Å²) in [6.45, 7) is 6.84. The number of nitrogens with zero attached hydrogens (tertiary/aromatic N) is 3. The summed E-state index contributed by atoms with van der Waals surface area (Å²) in [7, 11) is 0. The molecule has 3 aromatic carbocycles. The van der Waals surface area contributed by atoms with Gasteiger partial charge >= 0.3 is 0 Å².